The van der Waals surface area contributed by atoms with Crippen molar-refractivity contribution in [2.45, 2.75) is 45.2 Å². The van der Waals surface area contributed by atoms with E-state index < -0.39 is 0 Å². The molecule has 0 bridgehead atoms. The van der Waals surface area contributed by atoms with Crippen molar-refractivity contribution in [1.29, 1.82) is 0 Å². The SMILES string of the molecule is CC(C)CC1NCC(C2CC2)NC1=O. The maximum Gasteiger partial charge on any atom is 0.237 e. The van der Waals surface area contributed by atoms with Gasteiger partial charge in [-0.15, -0.1) is 0 Å². The molecule has 1 aliphatic heterocycles. The highest BCUT2D eigenvalue weighted by molar-refractivity contribution is 5.82. The number of hydrogen-bond donors (Lipinski definition) is 2. The first-order valence-corrected chi connectivity index (χ1v) is 5.70. The molecule has 1 heterocycles. The van der Waals surface area contributed by atoms with E-state index in [9.17, 15) is 4.79 Å². The van der Waals surface area contributed by atoms with Crippen LogP contribution in [0, 0.1) is 11.8 Å². The van der Waals surface area contributed by atoms with Gasteiger partial charge in [0.1, 0.15) is 0 Å². The first-order valence-electron chi connectivity index (χ1n) is 5.70. The molecule has 1 saturated carbocycles. The van der Waals surface area contributed by atoms with Crippen LogP contribution in [-0.4, -0.2) is 24.5 Å². The van der Waals surface area contributed by atoms with Gasteiger partial charge < -0.3 is 10.6 Å². The quantitative estimate of drug-likeness (QED) is 0.704. The molecule has 0 radical (unpaired) electrons. The topological polar surface area (TPSA) is 41.1 Å². The van der Waals surface area contributed by atoms with Crippen molar-refractivity contribution in [3.05, 3.63) is 0 Å². The molecule has 2 atom stereocenters. The van der Waals surface area contributed by atoms with Gasteiger partial charge >= 0.3 is 0 Å². The Morgan fingerprint density at radius 1 is 1.43 bits per heavy atom. The third-order valence-electron chi connectivity index (χ3n) is 3.13. The van der Waals surface area contributed by atoms with Gasteiger partial charge in [0.2, 0.25) is 5.91 Å². The summed E-state index contributed by atoms with van der Waals surface area (Å²) in [6.45, 7) is 5.28. The Balaban J connectivity index is 1.83. The molecule has 2 rings (SSSR count). The third-order valence-corrected chi connectivity index (χ3v) is 3.13. The standard InChI is InChI=1S/C11H20N2O/c1-7(2)5-9-11(14)13-10(6-12-9)8-3-4-8/h7-10,12H,3-6H2,1-2H3,(H,13,14). The lowest BCUT2D eigenvalue weighted by atomic mass is 9.99. The summed E-state index contributed by atoms with van der Waals surface area (Å²) in [5.41, 5.74) is 0. The fourth-order valence-electron chi connectivity index (χ4n) is 2.14. The minimum Gasteiger partial charge on any atom is -0.350 e. The number of carbonyl (C=O) groups excluding carboxylic acids is 1. The summed E-state index contributed by atoms with van der Waals surface area (Å²) in [4.78, 5) is 11.7. The number of carbonyl (C=O) groups is 1. The van der Waals surface area contributed by atoms with Crippen LogP contribution in [0.25, 0.3) is 0 Å². The first kappa shape index (κ1) is 9.97. The van der Waals surface area contributed by atoms with Gasteiger partial charge in [-0.2, -0.15) is 0 Å². The van der Waals surface area contributed by atoms with Crippen molar-refractivity contribution in [3.8, 4) is 0 Å². The minimum absolute atomic E-state index is 0.0463. The van der Waals surface area contributed by atoms with Crippen molar-refractivity contribution >= 4 is 5.91 Å². The second-order valence-electron chi connectivity index (χ2n) is 5.04. The van der Waals surface area contributed by atoms with E-state index in [2.05, 4.69) is 24.5 Å². The fourth-order valence-corrected chi connectivity index (χ4v) is 2.14. The van der Waals surface area contributed by atoms with Gasteiger partial charge in [0.05, 0.1) is 6.04 Å². The Labute approximate surface area is 85.6 Å². The molecule has 2 fully saturated rings. The Kier molecular flexibility index (Phi) is 2.77. The number of rotatable bonds is 3. The summed E-state index contributed by atoms with van der Waals surface area (Å²) in [5.74, 6) is 1.55. The van der Waals surface area contributed by atoms with Crippen LogP contribution >= 0.6 is 0 Å². The summed E-state index contributed by atoms with van der Waals surface area (Å²) < 4.78 is 0. The van der Waals surface area contributed by atoms with Crippen molar-refractivity contribution in [2.24, 2.45) is 11.8 Å². The fraction of sp³-hybridized carbons (Fsp3) is 0.909. The number of piperazine rings is 1. The average Bonchev–Trinajstić information content (AvgIpc) is 2.90. The third kappa shape index (κ3) is 2.27. The molecule has 0 aromatic carbocycles. The Morgan fingerprint density at radius 2 is 2.14 bits per heavy atom. The van der Waals surface area contributed by atoms with Gasteiger partial charge in [-0.05, 0) is 31.1 Å². The van der Waals surface area contributed by atoms with Crippen LogP contribution in [-0.2, 0) is 4.79 Å². The highest BCUT2D eigenvalue weighted by Gasteiger charge is 2.36. The Bertz CT molecular complexity index is 223. The molecule has 1 amide bonds. The normalized spacial score (nSPS) is 33.2. The zero-order chi connectivity index (χ0) is 10.1. The lowest BCUT2D eigenvalue weighted by molar-refractivity contribution is -0.126. The number of nitrogens with one attached hydrogen (secondary N) is 2. The summed E-state index contributed by atoms with van der Waals surface area (Å²) in [6, 6.07) is 0.455. The van der Waals surface area contributed by atoms with Crippen LogP contribution in [0.3, 0.4) is 0 Å². The Morgan fingerprint density at radius 3 is 2.64 bits per heavy atom. The molecule has 80 valence electrons. The highest BCUT2D eigenvalue weighted by atomic mass is 16.2. The maximum atomic E-state index is 11.7. The smallest absolute Gasteiger partial charge is 0.237 e. The van der Waals surface area contributed by atoms with Crippen molar-refractivity contribution in [1.82, 2.24) is 10.6 Å². The summed E-state index contributed by atoms with van der Waals surface area (Å²) >= 11 is 0. The van der Waals surface area contributed by atoms with Crippen LogP contribution in [0.5, 0.6) is 0 Å². The molecule has 14 heavy (non-hydrogen) atoms. The molecule has 1 saturated heterocycles. The molecule has 0 spiro atoms. The van der Waals surface area contributed by atoms with Crippen molar-refractivity contribution < 1.29 is 4.79 Å². The monoisotopic (exact) mass is 196 g/mol. The van der Waals surface area contributed by atoms with E-state index in [0.29, 0.717) is 12.0 Å². The lowest BCUT2D eigenvalue weighted by Gasteiger charge is -2.31. The molecule has 2 N–H and O–H groups in total. The predicted octanol–water partition coefficient (Wildman–Crippen LogP) is 0.899. The first-order chi connectivity index (χ1) is 6.66. The molecule has 0 aromatic heterocycles. The molecule has 1 aliphatic carbocycles. The van der Waals surface area contributed by atoms with E-state index in [1.54, 1.807) is 0 Å². The van der Waals surface area contributed by atoms with E-state index in [1.165, 1.54) is 12.8 Å². The van der Waals surface area contributed by atoms with Gasteiger partial charge in [-0.3, -0.25) is 4.79 Å². The van der Waals surface area contributed by atoms with Crippen LogP contribution in [0.15, 0.2) is 0 Å². The second kappa shape index (κ2) is 3.89. The summed E-state index contributed by atoms with van der Waals surface area (Å²) in [6.07, 6.45) is 3.53. The van der Waals surface area contributed by atoms with Crippen molar-refractivity contribution in [2.75, 3.05) is 6.54 Å². The number of hydrogen-bond acceptors (Lipinski definition) is 2. The van der Waals surface area contributed by atoms with E-state index in [4.69, 9.17) is 0 Å². The molecule has 3 nitrogen and oxygen atoms in total. The largest absolute Gasteiger partial charge is 0.350 e. The van der Waals surface area contributed by atoms with Crippen LogP contribution in [0.4, 0.5) is 0 Å². The van der Waals surface area contributed by atoms with Gasteiger partial charge in [-0.25, -0.2) is 0 Å². The maximum absolute atomic E-state index is 11.7. The van der Waals surface area contributed by atoms with Gasteiger partial charge in [0.25, 0.3) is 0 Å². The second-order valence-corrected chi connectivity index (χ2v) is 5.04. The molecular weight excluding hydrogens is 176 g/mol. The van der Waals surface area contributed by atoms with Crippen LogP contribution < -0.4 is 10.6 Å². The average molecular weight is 196 g/mol. The van der Waals surface area contributed by atoms with Gasteiger partial charge in [-0.1, -0.05) is 13.8 Å². The molecule has 2 aliphatic rings. The molecule has 2 unspecified atom stereocenters. The zero-order valence-electron chi connectivity index (χ0n) is 9.05. The lowest BCUT2D eigenvalue weighted by Crippen LogP contribution is -2.59. The summed E-state index contributed by atoms with van der Waals surface area (Å²) in [7, 11) is 0. The van der Waals surface area contributed by atoms with Crippen LogP contribution in [0.2, 0.25) is 0 Å². The van der Waals surface area contributed by atoms with E-state index >= 15 is 0 Å². The zero-order valence-corrected chi connectivity index (χ0v) is 9.05. The molecule has 3 heteroatoms. The van der Waals surface area contributed by atoms with Gasteiger partial charge in [0, 0.05) is 12.6 Å². The molecule has 0 aromatic rings. The van der Waals surface area contributed by atoms with Gasteiger partial charge in [0.15, 0.2) is 0 Å². The minimum atomic E-state index is 0.0463. The van der Waals surface area contributed by atoms with Crippen LogP contribution in [0.1, 0.15) is 33.1 Å². The Hall–Kier alpha value is -0.570. The predicted molar refractivity (Wildman–Crippen MR) is 55.9 cm³/mol. The van der Waals surface area contributed by atoms with E-state index in [0.717, 1.165) is 18.9 Å². The highest BCUT2D eigenvalue weighted by Crippen LogP contribution is 2.33. The number of amides is 1. The van der Waals surface area contributed by atoms with E-state index in [1.807, 2.05) is 0 Å². The van der Waals surface area contributed by atoms with Crippen molar-refractivity contribution in [3.63, 3.8) is 0 Å². The molecular formula is C11H20N2O. The summed E-state index contributed by atoms with van der Waals surface area (Å²) in [5, 5.41) is 6.49. The van der Waals surface area contributed by atoms with E-state index in [-0.39, 0.29) is 11.9 Å².